The molecule has 4 rings (SSSR count). The topological polar surface area (TPSA) is 86.7 Å². The van der Waals surface area contributed by atoms with Crippen LogP contribution in [0.1, 0.15) is 52.9 Å². The maximum absolute atomic E-state index is 14.6. The van der Waals surface area contributed by atoms with Crippen molar-refractivity contribution < 1.29 is 19.7 Å². The van der Waals surface area contributed by atoms with Gasteiger partial charge in [-0.25, -0.2) is 4.39 Å². The summed E-state index contributed by atoms with van der Waals surface area (Å²) in [6, 6.07) is 0. The third kappa shape index (κ3) is 1.98. The van der Waals surface area contributed by atoms with Gasteiger partial charge in [0.15, 0.2) is 5.72 Å². The van der Waals surface area contributed by atoms with Gasteiger partial charge in [-0.1, -0.05) is 26.3 Å². The van der Waals surface area contributed by atoms with Gasteiger partial charge in [0.1, 0.15) is 11.9 Å². The number of nitrogens with two attached hydrogens (primary N) is 1. The van der Waals surface area contributed by atoms with Gasteiger partial charge in [-0.2, -0.15) is 0 Å². The van der Waals surface area contributed by atoms with Crippen LogP contribution >= 0.6 is 0 Å². The van der Waals surface area contributed by atoms with Crippen molar-refractivity contribution in [1.82, 2.24) is 0 Å². The summed E-state index contributed by atoms with van der Waals surface area (Å²) < 4.78 is 14.6. The van der Waals surface area contributed by atoms with E-state index < -0.39 is 17.3 Å². The molecular weight excluding hydrogens is 321 g/mol. The molecule has 4 unspecified atom stereocenters. The van der Waals surface area contributed by atoms with E-state index >= 15 is 0 Å². The molecule has 0 aromatic carbocycles. The first-order valence-electron chi connectivity index (χ1n) is 9.51. The third-order valence-electron chi connectivity index (χ3n) is 8.43. The minimum Gasteiger partial charge on any atom is -0.508 e. The van der Waals surface area contributed by atoms with Gasteiger partial charge < -0.3 is 21.1 Å². The lowest BCUT2D eigenvalue weighted by Crippen LogP contribution is -2.59. The standard InChI is InChI=1S/C20H30FNO3/c1-10-6-12(23)7-11-8-15(24)17-13(19(10,11)3)4-5-18(2)14(17)9-16(21)20(18,22)25/h8,10,12-14,16,23-25H,4-7,9,22H2,1-3H3/t10?,12?,13-,14+,16?,18+,19+,20?/m1/s1. The van der Waals surface area contributed by atoms with Gasteiger partial charge in [-0.3, -0.25) is 0 Å². The van der Waals surface area contributed by atoms with Crippen LogP contribution in [-0.4, -0.2) is 33.3 Å². The molecule has 140 valence electrons. The van der Waals surface area contributed by atoms with Crippen LogP contribution < -0.4 is 5.73 Å². The third-order valence-corrected chi connectivity index (χ3v) is 8.43. The molecule has 4 aliphatic rings. The molecule has 0 heterocycles. The molecular formula is C20H30FNO3. The highest BCUT2D eigenvalue weighted by atomic mass is 19.1. The van der Waals surface area contributed by atoms with Gasteiger partial charge in [0.05, 0.1) is 6.10 Å². The summed E-state index contributed by atoms with van der Waals surface area (Å²) in [6.45, 7) is 6.25. The molecule has 8 atom stereocenters. The van der Waals surface area contributed by atoms with E-state index in [1.165, 1.54) is 0 Å². The molecule has 5 N–H and O–H groups in total. The Balaban J connectivity index is 1.84. The number of fused-ring (bicyclic) bond motifs is 5. The summed E-state index contributed by atoms with van der Waals surface area (Å²) in [5.74, 6) is 0.359. The monoisotopic (exact) mass is 351 g/mol. The molecule has 3 saturated carbocycles. The van der Waals surface area contributed by atoms with E-state index in [9.17, 15) is 19.7 Å². The normalized spacial score (nSPS) is 55.3. The predicted octanol–water partition coefficient (Wildman–Crippen LogP) is 2.96. The van der Waals surface area contributed by atoms with Gasteiger partial charge in [-0.15, -0.1) is 0 Å². The van der Waals surface area contributed by atoms with E-state index in [1.54, 1.807) is 6.08 Å². The van der Waals surface area contributed by atoms with Crippen molar-refractivity contribution in [3.63, 3.8) is 0 Å². The Hall–Kier alpha value is -0.910. The summed E-state index contributed by atoms with van der Waals surface area (Å²) in [4.78, 5) is 0. The molecule has 3 fully saturated rings. The number of aliphatic hydroxyl groups is 3. The van der Waals surface area contributed by atoms with Crippen LogP contribution in [0.15, 0.2) is 23.0 Å². The van der Waals surface area contributed by atoms with Crippen molar-refractivity contribution in [2.75, 3.05) is 0 Å². The first kappa shape index (κ1) is 17.5. The van der Waals surface area contributed by atoms with Gasteiger partial charge in [0.25, 0.3) is 0 Å². The largest absolute Gasteiger partial charge is 0.508 e. The van der Waals surface area contributed by atoms with Crippen molar-refractivity contribution in [3.05, 3.63) is 23.0 Å². The fourth-order valence-corrected chi connectivity index (χ4v) is 6.51. The lowest BCUT2D eigenvalue weighted by molar-refractivity contribution is -0.111. The first-order chi connectivity index (χ1) is 11.5. The van der Waals surface area contributed by atoms with Gasteiger partial charge >= 0.3 is 0 Å². The summed E-state index contributed by atoms with van der Waals surface area (Å²) in [7, 11) is 0. The Kier molecular flexibility index (Phi) is 3.56. The molecule has 0 bridgehead atoms. The predicted molar refractivity (Wildman–Crippen MR) is 93.2 cm³/mol. The number of halogens is 1. The van der Waals surface area contributed by atoms with Crippen molar-refractivity contribution in [2.45, 2.75) is 70.9 Å². The van der Waals surface area contributed by atoms with Crippen LogP contribution in [-0.2, 0) is 0 Å². The Labute approximate surface area is 148 Å². The second-order valence-corrected chi connectivity index (χ2v) is 9.38. The van der Waals surface area contributed by atoms with E-state index in [2.05, 4.69) is 13.8 Å². The number of hydrogen-bond acceptors (Lipinski definition) is 4. The molecule has 0 aromatic heterocycles. The fourth-order valence-electron chi connectivity index (χ4n) is 6.51. The van der Waals surface area contributed by atoms with E-state index in [0.717, 1.165) is 24.0 Å². The molecule has 4 nitrogen and oxygen atoms in total. The van der Waals surface area contributed by atoms with Crippen molar-refractivity contribution >= 4 is 0 Å². The number of aliphatic hydroxyl groups excluding tert-OH is 2. The second-order valence-electron chi connectivity index (χ2n) is 9.38. The maximum Gasteiger partial charge on any atom is 0.150 e. The summed E-state index contributed by atoms with van der Waals surface area (Å²) >= 11 is 0. The summed E-state index contributed by atoms with van der Waals surface area (Å²) in [5.41, 5.74) is 5.25. The minimum absolute atomic E-state index is 0.120. The molecule has 4 aliphatic carbocycles. The SMILES string of the molecule is CC1CC(O)CC2=CC(O)=C3[C@@H](CC[C@@]4(C)[C@H]3CC(F)C4(N)O)[C@]21C. The Morgan fingerprint density at radius 3 is 2.60 bits per heavy atom. The Morgan fingerprint density at radius 2 is 1.92 bits per heavy atom. The van der Waals surface area contributed by atoms with Crippen LogP contribution in [0.2, 0.25) is 0 Å². The average Bonchev–Trinajstić information content (AvgIpc) is 2.69. The molecule has 0 aliphatic heterocycles. The van der Waals surface area contributed by atoms with Gasteiger partial charge in [-0.05, 0) is 66.9 Å². The average molecular weight is 351 g/mol. The summed E-state index contributed by atoms with van der Waals surface area (Å²) in [5, 5.41) is 31.6. The highest BCUT2D eigenvalue weighted by Crippen LogP contribution is 2.66. The lowest BCUT2D eigenvalue weighted by atomic mass is 9.48. The highest BCUT2D eigenvalue weighted by Gasteiger charge is 2.66. The molecule has 25 heavy (non-hydrogen) atoms. The fraction of sp³-hybridized carbons (Fsp3) is 0.800. The lowest BCUT2D eigenvalue weighted by Gasteiger charge is -2.57. The molecule has 0 aromatic rings. The maximum atomic E-state index is 14.6. The van der Waals surface area contributed by atoms with Crippen LogP contribution in [0.4, 0.5) is 4.39 Å². The molecule has 0 saturated heterocycles. The van der Waals surface area contributed by atoms with Gasteiger partial charge in [0, 0.05) is 5.41 Å². The quantitative estimate of drug-likeness (QED) is 0.505. The molecule has 0 spiro atoms. The number of hydrogen-bond donors (Lipinski definition) is 4. The molecule has 0 radical (unpaired) electrons. The summed E-state index contributed by atoms with van der Waals surface area (Å²) in [6.07, 6.45) is 2.86. The van der Waals surface area contributed by atoms with E-state index in [1.807, 2.05) is 6.92 Å². The van der Waals surface area contributed by atoms with E-state index in [-0.39, 0.29) is 41.5 Å². The molecule has 0 amide bonds. The van der Waals surface area contributed by atoms with Crippen LogP contribution in [0.25, 0.3) is 0 Å². The Morgan fingerprint density at radius 1 is 1.24 bits per heavy atom. The van der Waals surface area contributed by atoms with Crippen molar-refractivity contribution in [2.24, 2.45) is 34.3 Å². The van der Waals surface area contributed by atoms with Crippen molar-refractivity contribution in [3.8, 4) is 0 Å². The smallest absolute Gasteiger partial charge is 0.150 e. The van der Waals surface area contributed by atoms with Crippen LogP contribution in [0, 0.1) is 28.6 Å². The first-order valence-corrected chi connectivity index (χ1v) is 9.51. The van der Waals surface area contributed by atoms with Gasteiger partial charge in [0.2, 0.25) is 0 Å². The zero-order chi connectivity index (χ0) is 18.4. The highest BCUT2D eigenvalue weighted by molar-refractivity contribution is 5.43. The zero-order valence-electron chi connectivity index (χ0n) is 15.3. The zero-order valence-corrected chi connectivity index (χ0v) is 15.3. The number of alkyl halides is 1. The van der Waals surface area contributed by atoms with Crippen LogP contribution in [0.5, 0.6) is 0 Å². The molecule has 5 heteroatoms. The van der Waals surface area contributed by atoms with Crippen LogP contribution in [0.3, 0.4) is 0 Å². The second kappa shape index (κ2) is 5.08. The van der Waals surface area contributed by atoms with E-state index in [4.69, 9.17) is 5.73 Å². The number of rotatable bonds is 0. The minimum atomic E-state index is -1.85. The Bertz CT molecular complexity index is 672. The van der Waals surface area contributed by atoms with E-state index in [0.29, 0.717) is 12.8 Å². The van der Waals surface area contributed by atoms with Crippen molar-refractivity contribution in [1.29, 1.82) is 0 Å². The number of allylic oxidation sites excluding steroid dienone is 2.